The maximum absolute atomic E-state index is 12.6. The zero-order chi connectivity index (χ0) is 17.3. The number of benzene rings is 1. The molecule has 1 aromatic carbocycles. The zero-order valence-corrected chi connectivity index (χ0v) is 16.5. The van der Waals surface area contributed by atoms with Crippen molar-refractivity contribution in [2.45, 2.75) is 58.5 Å². The molecule has 0 saturated heterocycles. The largest absolute Gasteiger partial charge is 0.312 e. The van der Waals surface area contributed by atoms with Crippen molar-refractivity contribution in [2.24, 2.45) is 16.8 Å². The van der Waals surface area contributed by atoms with E-state index < -0.39 is 0 Å². The third kappa shape index (κ3) is 3.44. The number of amides is 1. The highest BCUT2D eigenvalue weighted by molar-refractivity contribution is 9.19. The maximum Gasteiger partial charge on any atom is 0.281 e. The Kier molecular flexibility index (Phi) is 5.14. The number of hydrogen-bond donors (Lipinski definition) is 0. The molecule has 0 radical (unpaired) electrons. The van der Waals surface area contributed by atoms with Crippen LogP contribution in [0.4, 0.5) is 0 Å². The van der Waals surface area contributed by atoms with Gasteiger partial charge in [-0.25, -0.2) is 4.99 Å². The van der Waals surface area contributed by atoms with Gasteiger partial charge in [-0.15, -0.1) is 0 Å². The van der Waals surface area contributed by atoms with E-state index in [1.54, 1.807) is 0 Å². The molecule has 1 saturated carbocycles. The SMILES string of the molecule is Cc1ccc(CCN2C(=O)C(Br)=NC23CCC(C(C)C)CC3)cc1. The van der Waals surface area contributed by atoms with Crippen molar-refractivity contribution < 1.29 is 4.79 Å². The van der Waals surface area contributed by atoms with Crippen LogP contribution in [0.15, 0.2) is 29.3 Å². The second-order valence-corrected chi connectivity index (χ2v) is 8.41. The average Bonchev–Trinajstić information content (AvgIpc) is 2.78. The van der Waals surface area contributed by atoms with Crippen LogP contribution >= 0.6 is 15.9 Å². The summed E-state index contributed by atoms with van der Waals surface area (Å²) in [6.07, 6.45) is 5.19. The van der Waals surface area contributed by atoms with Crippen LogP contribution in [-0.4, -0.2) is 27.6 Å². The summed E-state index contributed by atoms with van der Waals surface area (Å²) in [5.41, 5.74) is 2.25. The molecule has 24 heavy (non-hydrogen) atoms. The quantitative estimate of drug-likeness (QED) is 0.731. The van der Waals surface area contributed by atoms with Gasteiger partial charge in [-0.2, -0.15) is 0 Å². The molecular weight excluding hydrogens is 364 g/mol. The van der Waals surface area contributed by atoms with Crippen molar-refractivity contribution in [3.8, 4) is 0 Å². The number of aryl methyl sites for hydroxylation is 1. The predicted molar refractivity (Wildman–Crippen MR) is 102 cm³/mol. The number of aliphatic imine (C=N–C) groups is 1. The molecular formula is C20H27BrN2O. The van der Waals surface area contributed by atoms with Crippen LogP contribution in [0.2, 0.25) is 0 Å². The van der Waals surface area contributed by atoms with Crippen molar-refractivity contribution in [3.63, 3.8) is 0 Å². The summed E-state index contributed by atoms with van der Waals surface area (Å²) in [4.78, 5) is 19.4. The molecule has 0 N–H and O–H groups in total. The minimum Gasteiger partial charge on any atom is -0.312 e. The fraction of sp³-hybridized carbons (Fsp3) is 0.600. The normalized spacial score (nSPS) is 27.2. The van der Waals surface area contributed by atoms with Crippen LogP contribution in [-0.2, 0) is 11.2 Å². The lowest BCUT2D eigenvalue weighted by Crippen LogP contribution is -2.50. The Balaban J connectivity index is 1.71. The molecule has 1 spiro atoms. The van der Waals surface area contributed by atoms with E-state index in [1.165, 1.54) is 11.1 Å². The van der Waals surface area contributed by atoms with Gasteiger partial charge in [-0.05, 0) is 72.4 Å². The average molecular weight is 391 g/mol. The summed E-state index contributed by atoms with van der Waals surface area (Å²) >= 11 is 3.39. The van der Waals surface area contributed by atoms with Crippen molar-refractivity contribution in [2.75, 3.05) is 6.54 Å². The van der Waals surface area contributed by atoms with Gasteiger partial charge in [-0.3, -0.25) is 4.79 Å². The van der Waals surface area contributed by atoms with E-state index >= 15 is 0 Å². The minimum atomic E-state index is -0.300. The molecule has 0 aromatic heterocycles. The first kappa shape index (κ1) is 17.7. The zero-order valence-electron chi connectivity index (χ0n) is 14.9. The summed E-state index contributed by atoms with van der Waals surface area (Å²) < 4.78 is 0.509. The van der Waals surface area contributed by atoms with E-state index in [2.05, 4.69) is 61.0 Å². The van der Waals surface area contributed by atoms with Gasteiger partial charge in [-0.1, -0.05) is 43.7 Å². The minimum absolute atomic E-state index is 0.0603. The Labute approximate surface area is 153 Å². The molecule has 2 aliphatic rings. The van der Waals surface area contributed by atoms with E-state index in [9.17, 15) is 4.79 Å². The molecule has 1 aromatic rings. The van der Waals surface area contributed by atoms with Crippen LogP contribution in [0.3, 0.4) is 0 Å². The molecule has 1 aliphatic heterocycles. The topological polar surface area (TPSA) is 32.7 Å². The number of hydrogen-bond acceptors (Lipinski definition) is 2. The van der Waals surface area contributed by atoms with Gasteiger partial charge in [0.15, 0.2) is 4.62 Å². The van der Waals surface area contributed by atoms with Crippen LogP contribution in [0.25, 0.3) is 0 Å². The van der Waals surface area contributed by atoms with E-state index in [4.69, 9.17) is 4.99 Å². The lowest BCUT2D eigenvalue weighted by molar-refractivity contribution is -0.129. The lowest BCUT2D eigenvalue weighted by Gasteiger charge is -2.42. The summed E-state index contributed by atoms with van der Waals surface area (Å²) in [5.74, 6) is 1.54. The molecule has 0 bridgehead atoms. The highest BCUT2D eigenvalue weighted by atomic mass is 79.9. The summed E-state index contributed by atoms with van der Waals surface area (Å²) in [6.45, 7) is 7.45. The smallest absolute Gasteiger partial charge is 0.281 e. The second-order valence-electron chi connectivity index (χ2n) is 7.66. The Morgan fingerprint density at radius 1 is 1.25 bits per heavy atom. The number of carbonyl (C=O) groups excluding carboxylic acids is 1. The molecule has 1 heterocycles. The van der Waals surface area contributed by atoms with Gasteiger partial charge >= 0.3 is 0 Å². The van der Waals surface area contributed by atoms with Crippen molar-refractivity contribution >= 4 is 26.5 Å². The monoisotopic (exact) mass is 390 g/mol. The first-order chi connectivity index (χ1) is 11.4. The van der Waals surface area contributed by atoms with Gasteiger partial charge in [0.2, 0.25) is 0 Å². The number of halogens is 1. The fourth-order valence-corrected chi connectivity index (χ4v) is 4.59. The van der Waals surface area contributed by atoms with Gasteiger partial charge in [0, 0.05) is 6.54 Å². The Bertz CT molecular complexity index is 628. The number of carbonyl (C=O) groups is 1. The molecule has 1 fully saturated rings. The van der Waals surface area contributed by atoms with E-state index in [-0.39, 0.29) is 11.6 Å². The van der Waals surface area contributed by atoms with E-state index in [0.717, 1.165) is 44.6 Å². The molecule has 3 nitrogen and oxygen atoms in total. The van der Waals surface area contributed by atoms with Crippen LogP contribution in [0.5, 0.6) is 0 Å². The molecule has 4 heteroatoms. The first-order valence-electron chi connectivity index (χ1n) is 9.04. The van der Waals surface area contributed by atoms with E-state index in [1.807, 2.05) is 4.90 Å². The summed E-state index contributed by atoms with van der Waals surface area (Å²) in [7, 11) is 0. The van der Waals surface area contributed by atoms with Gasteiger partial charge < -0.3 is 4.90 Å². The Hall–Kier alpha value is -1.16. The Morgan fingerprint density at radius 2 is 1.88 bits per heavy atom. The third-order valence-corrected chi connectivity index (χ3v) is 6.27. The summed E-state index contributed by atoms with van der Waals surface area (Å²) in [5, 5.41) is 0. The number of rotatable bonds is 4. The fourth-order valence-electron chi connectivity index (χ4n) is 4.05. The summed E-state index contributed by atoms with van der Waals surface area (Å²) in [6, 6.07) is 8.59. The molecule has 0 unspecified atom stereocenters. The molecule has 3 rings (SSSR count). The van der Waals surface area contributed by atoms with E-state index in [0.29, 0.717) is 10.5 Å². The van der Waals surface area contributed by atoms with Gasteiger partial charge in [0.05, 0.1) is 0 Å². The predicted octanol–water partition coefficient (Wildman–Crippen LogP) is 4.72. The first-order valence-corrected chi connectivity index (χ1v) is 9.83. The van der Waals surface area contributed by atoms with Crippen molar-refractivity contribution in [3.05, 3.63) is 35.4 Å². The second kappa shape index (κ2) is 6.99. The number of nitrogens with zero attached hydrogens (tertiary/aromatic N) is 2. The van der Waals surface area contributed by atoms with Crippen molar-refractivity contribution in [1.82, 2.24) is 4.90 Å². The third-order valence-electron chi connectivity index (χ3n) is 5.75. The highest BCUT2D eigenvalue weighted by Gasteiger charge is 2.48. The molecule has 130 valence electrons. The standard InChI is InChI=1S/C20H27BrN2O/c1-14(2)17-8-11-20(12-9-17)22-18(21)19(24)23(20)13-10-16-6-4-15(3)5-7-16/h4-7,14,17H,8-13H2,1-3H3. The van der Waals surface area contributed by atoms with Crippen LogP contribution < -0.4 is 0 Å². The molecule has 1 amide bonds. The van der Waals surface area contributed by atoms with Gasteiger partial charge in [0.1, 0.15) is 5.66 Å². The maximum atomic E-state index is 12.6. The van der Waals surface area contributed by atoms with Gasteiger partial charge in [0.25, 0.3) is 5.91 Å². The molecule has 1 aliphatic carbocycles. The highest BCUT2D eigenvalue weighted by Crippen LogP contribution is 2.43. The van der Waals surface area contributed by atoms with Crippen LogP contribution in [0.1, 0.15) is 50.7 Å². The van der Waals surface area contributed by atoms with Crippen molar-refractivity contribution in [1.29, 1.82) is 0 Å². The van der Waals surface area contributed by atoms with Crippen LogP contribution in [0, 0.1) is 18.8 Å². The lowest BCUT2D eigenvalue weighted by atomic mass is 9.76. The Morgan fingerprint density at radius 3 is 2.46 bits per heavy atom. The molecule has 0 atom stereocenters.